The zero-order valence-electron chi connectivity index (χ0n) is 8.57. The molecule has 0 radical (unpaired) electrons. The Hall–Kier alpha value is -1.33. The molecule has 1 fully saturated rings. The lowest BCUT2D eigenvalue weighted by Gasteiger charge is -2.09. The first-order chi connectivity index (χ1) is 8.08. The number of pyridine rings is 1. The Morgan fingerprint density at radius 1 is 1.47 bits per heavy atom. The fraction of sp³-hybridized carbons (Fsp3) is 0.300. The van der Waals surface area contributed by atoms with Crippen LogP contribution in [0.25, 0.3) is 0 Å². The van der Waals surface area contributed by atoms with E-state index in [-0.39, 0.29) is 15.9 Å². The van der Waals surface area contributed by atoms with Crippen LogP contribution in [0.5, 0.6) is 0 Å². The van der Waals surface area contributed by atoms with Gasteiger partial charge in [-0.05, 0) is 12.1 Å². The summed E-state index contributed by atoms with van der Waals surface area (Å²) in [6, 6.07) is 2.31. The maximum atomic E-state index is 11.8. The molecule has 90 valence electrons. The zero-order valence-corrected chi connectivity index (χ0v) is 10.1. The Morgan fingerprint density at radius 2 is 2.24 bits per heavy atom. The van der Waals surface area contributed by atoms with Gasteiger partial charge in [0, 0.05) is 6.42 Å². The quantitative estimate of drug-likeness (QED) is 0.655. The van der Waals surface area contributed by atoms with Crippen LogP contribution in [-0.2, 0) is 9.53 Å². The molecule has 0 bridgehead atoms. The molecule has 0 saturated carbocycles. The van der Waals surface area contributed by atoms with E-state index in [2.05, 4.69) is 10.3 Å². The first-order valence-electron chi connectivity index (χ1n) is 4.87. The lowest BCUT2D eigenvalue weighted by molar-refractivity contribution is -0.139. The van der Waals surface area contributed by atoms with Crippen molar-refractivity contribution < 1.29 is 14.3 Å². The summed E-state index contributed by atoms with van der Waals surface area (Å²) in [6.45, 7) is 0.306. The summed E-state index contributed by atoms with van der Waals surface area (Å²) in [7, 11) is 0. The number of carbonyl (C=O) groups is 2. The normalized spacial score (nSPS) is 18.9. The highest BCUT2D eigenvalue weighted by molar-refractivity contribution is 6.34. The van der Waals surface area contributed by atoms with Crippen molar-refractivity contribution in [3.05, 3.63) is 28.0 Å². The largest absolute Gasteiger partial charge is 0.464 e. The predicted molar refractivity (Wildman–Crippen MR) is 61.1 cm³/mol. The zero-order chi connectivity index (χ0) is 12.4. The minimum atomic E-state index is -0.639. The molecule has 17 heavy (non-hydrogen) atoms. The van der Waals surface area contributed by atoms with E-state index in [1.54, 1.807) is 0 Å². The van der Waals surface area contributed by atoms with Crippen LogP contribution < -0.4 is 5.32 Å². The van der Waals surface area contributed by atoms with E-state index in [4.69, 9.17) is 27.9 Å². The van der Waals surface area contributed by atoms with Crippen molar-refractivity contribution in [2.24, 2.45) is 0 Å². The van der Waals surface area contributed by atoms with Crippen LogP contribution in [-0.4, -0.2) is 29.5 Å². The molecule has 2 rings (SSSR count). The highest BCUT2D eigenvalue weighted by Gasteiger charge is 2.29. The van der Waals surface area contributed by atoms with Crippen molar-refractivity contribution in [1.82, 2.24) is 10.3 Å². The van der Waals surface area contributed by atoms with Crippen LogP contribution in [0.15, 0.2) is 12.1 Å². The molecule has 0 spiro atoms. The summed E-state index contributed by atoms with van der Waals surface area (Å²) in [6.07, 6.45) is 0.447. The van der Waals surface area contributed by atoms with Crippen molar-refractivity contribution in [1.29, 1.82) is 0 Å². The summed E-state index contributed by atoms with van der Waals surface area (Å²) in [5, 5.41) is 2.83. The molecular formula is C10H8Cl2N2O3. The first kappa shape index (κ1) is 12.1. The van der Waals surface area contributed by atoms with Crippen LogP contribution in [0.1, 0.15) is 16.9 Å². The van der Waals surface area contributed by atoms with Crippen LogP contribution >= 0.6 is 23.2 Å². The molecule has 5 nitrogen and oxygen atoms in total. The second kappa shape index (κ2) is 4.89. The minimum absolute atomic E-state index is 0.00105. The molecule has 2 heterocycles. The van der Waals surface area contributed by atoms with Crippen molar-refractivity contribution in [3.63, 3.8) is 0 Å². The maximum Gasteiger partial charge on any atom is 0.328 e. The highest BCUT2D eigenvalue weighted by atomic mass is 35.5. The molecule has 7 heteroatoms. The second-order valence-corrected chi connectivity index (χ2v) is 4.24. The third kappa shape index (κ3) is 2.68. The smallest absolute Gasteiger partial charge is 0.328 e. The fourth-order valence-corrected chi connectivity index (χ4v) is 1.77. The fourth-order valence-electron chi connectivity index (χ4n) is 1.43. The summed E-state index contributed by atoms with van der Waals surface area (Å²) in [4.78, 5) is 26.8. The van der Waals surface area contributed by atoms with E-state index < -0.39 is 17.9 Å². The number of amides is 1. The van der Waals surface area contributed by atoms with Crippen LogP contribution in [0.4, 0.5) is 0 Å². The summed E-state index contributed by atoms with van der Waals surface area (Å²) < 4.78 is 4.72. The van der Waals surface area contributed by atoms with E-state index >= 15 is 0 Å². The Morgan fingerprint density at radius 3 is 2.88 bits per heavy atom. The molecule has 1 aliphatic heterocycles. The highest BCUT2D eigenvalue weighted by Crippen LogP contribution is 2.17. The van der Waals surface area contributed by atoms with Crippen molar-refractivity contribution in [3.8, 4) is 0 Å². The molecular weight excluding hydrogens is 267 g/mol. The van der Waals surface area contributed by atoms with Crippen LogP contribution in [0.3, 0.4) is 0 Å². The molecule has 0 aliphatic carbocycles. The van der Waals surface area contributed by atoms with Crippen molar-refractivity contribution in [2.75, 3.05) is 6.61 Å². The summed E-state index contributed by atoms with van der Waals surface area (Å²) >= 11 is 11.5. The molecule has 1 aliphatic rings. The molecule has 1 N–H and O–H groups in total. The van der Waals surface area contributed by atoms with Gasteiger partial charge < -0.3 is 10.1 Å². The Bertz CT molecular complexity index is 479. The van der Waals surface area contributed by atoms with Crippen molar-refractivity contribution >= 4 is 35.1 Å². The number of cyclic esters (lactones) is 1. The Balaban J connectivity index is 2.14. The minimum Gasteiger partial charge on any atom is -0.464 e. The topological polar surface area (TPSA) is 68.3 Å². The number of nitrogens with one attached hydrogen (secondary N) is 1. The van der Waals surface area contributed by atoms with E-state index in [0.717, 1.165) is 0 Å². The Kier molecular flexibility index (Phi) is 3.49. The van der Waals surface area contributed by atoms with Crippen molar-refractivity contribution in [2.45, 2.75) is 12.5 Å². The number of ether oxygens (including phenoxy) is 1. The lowest BCUT2D eigenvalue weighted by Crippen LogP contribution is -2.38. The third-order valence-electron chi connectivity index (χ3n) is 2.27. The standard InChI is InChI=1S/C10H8Cl2N2O3/c11-5-1-2-7(12)14-8(5)9(15)13-6-3-4-17-10(6)16/h1-2,6H,3-4H2,(H,13,15). The number of rotatable bonds is 2. The van der Waals surface area contributed by atoms with E-state index in [1.165, 1.54) is 12.1 Å². The number of halogens is 2. The number of hydrogen-bond acceptors (Lipinski definition) is 4. The average Bonchev–Trinajstić information content (AvgIpc) is 2.68. The average molecular weight is 275 g/mol. The van der Waals surface area contributed by atoms with Crippen LogP contribution in [0.2, 0.25) is 10.2 Å². The SMILES string of the molecule is O=C(NC1CCOC1=O)c1nc(Cl)ccc1Cl. The number of hydrogen-bond donors (Lipinski definition) is 1. The second-order valence-electron chi connectivity index (χ2n) is 3.45. The van der Waals surface area contributed by atoms with Gasteiger partial charge in [0.2, 0.25) is 0 Å². The van der Waals surface area contributed by atoms with E-state index in [9.17, 15) is 9.59 Å². The monoisotopic (exact) mass is 274 g/mol. The van der Waals surface area contributed by atoms with Gasteiger partial charge in [-0.2, -0.15) is 0 Å². The van der Waals surface area contributed by atoms with Gasteiger partial charge in [0.25, 0.3) is 5.91 Å². The molecule has 1 unspecified atom stereocenters. The van der Waals surface area contributed by atoms with Gasteiger partial charge in [-0.1, -0.05) is 23.2 Å². The van der Waals surface area contributed by atoms with Gasteiger partial charge in [0.05, 0.1) is 11.6 Å². The third-order valence-corrected chi connectivity index (χ3v) is 2.78. The predicted octanol–water partition coefficient (Wildman–Crippen LogP) is 1.43. The number of carbonyl (C=O) groups excluding carboxylic acids is 2. The molecule has 1 saturated heterocycles. The van der Waals surface area contributed by atoms with E-state index in [1.807, 2.05) is 0 Å². The number of aromatic nitrogens is 1. The maximum absolute atomic E-state index is 11.8. The molecule has 1 aromatic heterocycles. The number of nitrogens with zero attached hydrogens (tertiary/aromatic N) is 1. The molecule has 0 aromatic carbocycles. The van der Waals surface area contributed by atoms with Gasteiger partial charge in [0.1, 0.15) is 16.9 Å². The van der Waals surface area contributed by atoms with Gasteiger partial charge in [-0.25, -0.2) is 9.78 Å². The molecule has 1 aromatic rings. The Labute approximate surface area is 107 Å². The summed E-state index contributed by atoms with van der Waals surface area (Å²) in [5.74, 6) is -0.988. The lowest BCUT2D eigenvalue weighted by atomic mass is 10.2. The van der Waals surface area contributed by atoms with Gasteiger partial charge in [0.15, 0.2) is 0 Å². The van der Waals surface area contributed by atoms with Gasteiger partial charge >= 0.3 is 5.97 Å². The first-order valence-corrected chi connectivity index (χ1v) is 5.63. The van der Waals surface area contributed by atoms with Gasteiger partial charge in [-0.3, -0.25) is 4.79 Å². The van der Waals surface area contributed by atoms with Crippen LogP contribution in [0, 0.1) is 0 Å². The number of esters is 1. The van der Waals surface area contributed by atoms with Gasteiger partial charge in [-0.15, -0.1) is 0 Å². The molecule has 1 atom stereocenters. The molecule has 1 amide bonds. The summed E-state index contributed by atoms with van der Waals surface area (Å²) in [5.41, 5.74) is -0.00105. The van der Waals surface area contributed by atoms with E-state index in [0.29, 0.717) is 13.0 Å².